The van der Waals surface area contributed by atoms with Gasteiger partial charge in [-0.2, -0.15) is 0 Å². The average molecular weight is 320 g/mol. The summed E-state index contributed by atoms with van der Waals surface area (Å²) in [6.07, 6.45) is 1.33. The Bertz CT molecular complexity index is 682. The highest BCUT2D eigenvalue weighted by atomic mass is 35.5. The van der Waals surface area contributed by atoms with Crippen LogP contribution in [-0.2, 0) is 11.2 Å². The molecule has 0 saturated carbocycles. The van der Waals surface area contributed by atoms with Gasteiger partial charge in [0.2, 0.25) is 5.91 Å². The molecular formula is C17H15Cl2NO. The minimum Gasteiger partial charge on any atom is -0.315 e. The van der Waals surface area contributed by atoms with Crippen molar-refractivity contribution in [1.82, 2.24) is 0 Å². The topological polar surface area (TPSA) is 20.3 Å². The first-order chi connectivity index (χ1) is 10.1. The molecule has 2 aromatic rings. The predicted octanol–water partition coefficient (Wildman–Crippen LogP) is 4.58. The summed E-state index contributed by atoms with van der Waals surface area (Å²) < 4.78 is 0. The summed E-state index contributed by atoms with van der Waals surface area (Å²) in [5.41, 5.74) is 4.21. The Kier molecular flexibility index (Phi) is 3.92. The Labute approximate surface area is 134 Å². The third-order valence-corrected chi connectivity index (χ3v) is 4.66. The molecule has 1 aliphatic rings. The molecule has 1 atom stereocenters. The van der Waals surface area contributed by atoms with Gasteiger partial charge in [0.15, 0.2) is 0 Å². The van der Waals surface area contributed by atoms with Crippen LogP contribution in [0.15, 0.2) is 42.5 Å². The summed E-state index contributed by atoms with van der Waals surface area (Å²) in [6, 6.07) is 13.6. The second-order valence-corrected chi connectivity index (χ2v) is 6.13. The highest BCUT2D eigenvalue weighted by Gasteiger charge is 2.22. The molecule has 3 rings (SSSR count). The molecule has 0 aromatic heterocycles. The van der Waals surface area contributed by atoms with E-state index in [2.05, 4.69) is 6.07 Å². The van der Waals surface area contributed by atoms with Crippen molar-refractivity contribution in [3.63, 3.8) is 0 Å². The zero-order valence-electron chi connectivity index (χ0n) is 11.6. The van der Waals surface area contributed by atoms with E-state index in [1.165, 1.54) is 5.56 Å². The van der Waals surface area contributed by atoms with Gasteiger partial charge in [0.05, 0.1) is 5.38 Å². The number of amides is 1. The molecule has 0 spiro atoms. The van der Waals surface area contributed by atoms with E-state index in [4.69, 9.17) is 23.2 Å². The van der Waals surface area contributed by atoms with Crippen molar-refractivity contribution in [2.45, 2.75) is 18.2 Å². The van der Waals surface area contributed by atoms with Gasteiger partial charge >= 0.3 is 0 Å². The lowest BCUT2D eigenvalue weighted by atomic mass is 9.96. The van der Waals surface area contributed by atoms with E-state index in [1.807, 2.05) is 43.4 Å². The summed E-state index contributed by atoms with van der Waals surface area (Å²) in [6.45, 7) is 0. The number of benzene rings is 2. The second kappa shape index (κ2) is 5.70. The Morgan fingerprint density at radius 2 is 1.71 bits per heavy atom. The molecule has 0 fully saturated rings. The first-order valence-corrected chi connectivity index (χ1v) is 7.66. The van der Waals surface area contributed by atoms with Crippen LogP contribution in [0.4, 0.5) is 5.69 Å². The van der Waals surface area contributed by atoms with Gasteiger partial charge < -0.3 is 4.90 Å². The molecule has 21 heavy (non-hydrogen) atoms. The fourth-order valence-electron chi connectivity index (χ4n) is 2.66. The number of hydrogen-bond donors (Lipinski definition) is 0. The fourth-order valence-corrected chi connectivity index (χ4v) is 3.07. The van der Waals surface area contributed by atoms with E-state index in [0.29, 0.717) is 11.4 Å². The van der Waals surface area contributed by atoms with Crippen molar-refractivity contribution in [1.29, 1.82) is 0 Å². The maximum Gasteiger partial charge on any atom is 0.227 e. The van der Waals surface area contributed by atoms with Crippen molar-refractivity contribution < 1.29 is 4.79 Å². The summed E-state index contributed by atoms with van der Waals surface area (Å²) >= 11 is 12.5. The normalized spacial score (nSPS) is 15.8. The van der Waals surface area contributed by atoms with Crippen molar-refractivity contribution in [2.24, 2.45) is 0 Å². The number of carbonyl (C=O) groups is 1. The maximum atomic E-state index is 11.7. The first kappa shape index (κ1) is 14.4. The molecular weight excluding hydrogens is 305 g/mol. The highest BCUT2D eigenvalue weighted by molar-refractivity contribution is 6.30. The standard InChI is InChI=1S/C17H15Cl2NO/c1-20-15-8-4-13(10-12(15)5-9-16(20)21)17(19)11-2-6-14(18)7-3-11/h2-4,6-8,10,17H,5,9H2,1H3. The van der Waals surface area contributed by atoms with Crippen LogP contribution in [0, 0.1) is 0 Å². The zero-order valence-corrected chi connectivity index (χ0v) is 13.2. The number of carbonyl (C=O) groups excluding carboxylic acids is 1. The van der Waals surface area contributed by atoms with Crippen LogP contribution in [0.1, 0.15) is 28.5 Å². The molecule has 2 aromatic carbocycles. The Hall–Kier alpha value is -1.51. The van der Waals surface area contributed by atoms with E-state index in [9.17, 15) is 4.79 Å². The molecule has 4 heteroatoms. The molecule has 0 bridgehead atoms. The van der Waals surface area contributed by atoms with Crippen LogP contribution in [0.3, 0.4) is 0 Å². The molecule has 1 amide bonds. The number of fused-ring (bicyclic) bond motifs is 1. The minimum atomic E-state index is -0.212. The van der Waals surface area contributed by atoms with Gasteiger partial charge in [-0.1, -0.05) is 35.9 Å². The Morgan fingerprint density at radius 3 is 2.43 bits per heavy atom. The Balaban J connectivity index is 1.93. The fraction of sp³-hybridized carbons (Fsp3) is 0.235. The second-order valence-electron chi connectivity index (χ2n) is 5.26. The number of alkyl halides is 1. The van der Waals surface area contributed by atoms with Crippen molar-refractivity contribution >= 4 is 34.8 Å². The quantitative estimate of drug-likeness (QED) is 0.742. The largest absolute Gasteiger partial charge is 0.315 e. The summed E-state index contributed by atoms with van der Waals surface area (Å²) in [5.74, 6) is 0.162. The molecule has 2 nitrogen and oxygen atoms in total. The molecule has 1 aliphatic heterocycles. The van der Waals surface area contributed by atoms with Crippen LogP contribution < -0.4 is 4.90 Å². The molecule has 108 valence electrons. The number of aryl methyl sites for hydroxylation is 1. The van der Waals surface area contributed by atoms with E-state index in [-0.39, 0.29) is 11.3 Å². The highest BCUT2D eigenvalue weighted by Crippen LogP contribution is 2.34. The molecule has 0 saturated heterocycles. The number of nitrogens with zero attached hydrogens (tertiary/aromatic N) is 1. The van der Waals surface area contributed by atoms with E-state index < -0.39 is 0 Å². The minimum absolute atomic E-state index is 0.162. The van der Waals surface area contributed by atoms with Crippen molar-refractivity contribution in [3.05, 3.63) is 64.2 Å². The van der Waals surface area contributed by atoms with Crippen molar-refractivity contribution in [3.8, 4) is 0 Å². The SMILES string of the molecule is CN1C(=O)CCc2cc(C(Cl)c3ccc(Cl)cc3)ccc21. The summed E-state index contributed by atoms with van der Waals surface area (Å²) in [7, 11) is 1.82. The monoisotopic (exact) mass is 319 g/mol. The number of rotatable bonds is 2. The van der Waals surface area contributed by atoms with Gasteiger partial charge in [0.1, 0.15) is 0 Å². The lowest BCUT2D eigenvalue weighted by Crippen LogP contribution is -2.31. The number of anilines is 1. The maximum absolute atomic E-state index is 11.7. The lowest BCUT2D eigenvalue weighted by Gasteiger charge is -2.26. The summed E-state index contributed by atoms with van der Waals surface area (Å²) in [4.78, 5) is 13.4. The zero-order chi connectivity index (χ0) is 15.0. The van der Waals surface area contributed by atoms with Crippen LogP contribution in [0.2, 0.25) is 5.02 Å². The van der Waals surface area contributed by atoms with Gasteiger partial charge in [-0.05, 0) is 41.3 Å². The molecule has 1 heterocycles. The first-order valence-electron chi connectivity index (χ1n) is 6.85. The van der Waals surface area contributed by atoms with Crippen LogP contribution in [0.5, 0.6) is 0 Å². The van der Waals surface area contributed by atoms with Gasteiger partial charge in [-0.3, -0.25) is 4.79 Å². The predicted molar refractivity (Wildman–Crippen MR) is 87.3 cm³/mol. The van der Waals surface area contributed by atoms with Gasteiger partial charge in [0, 0.05) is 24.2 Å². The number of hydrogen-bond acceptors (Lipinski definition) is 1. The van der Waals surface area contributed by atoms with Crippen molar-refractivity contribution in [2.75, 3.05) is 11.9 Å². The van der Waals surface area contributed by atoms with Crippen LogP contribution in [0.25, 0.3) is 0 Å². The van der Waals surface area contributed by atoms with E-state index in [1.54, 1.807) is 4.90 Å². The average Bonchev–Trinajstić information content (AvgIpc) is 2.51. The molecule has 0 N–H and O–H groups in total. The molecule has 0 aliphatic carbocycles. The van der Waals surface area contributed by atoms with Gasteiger partial charge in [0.25, 0.3) is 0 Å². The van der Waals surface area contributed by atoms with Gasteiger partial charge in [-0.15, -0.1) is 11.6 Å². The smallest absolute Gasteiger partial charge is 0.227 e. The Morgan fingerprint density at radius 1 is 1.05 bits per heavy atom. The van der Waals surface area contributed by atoms with Crippen LogP contribution in [-0.4, -0.2) is 13.0 Å². The third kappa shape index (κ3) is 2.78. The van der Waals surface area contributed by atoms with E-state index >= 15 is 0 Å². The molecule has 1 unspecified atom stereocenters. The number of halogens is 2. The molecule has 0 radical (unpaired) electrons. The van der Waals surface area contributed by atoms with Gasteiger partial charge in [-0.25, -0.2) is 0 Å². The lowest BCUT2D eigenvalue weighted by molar-refractivity contribution is -0.118. The summed E-state index contributed by atoms with van der Waals surface area (Å²) in [5, 5.41) is 0.490. The van der Waals surface area contributed by atoms with E-state index in [0.717, 1.165) is 23.2 Å². The third-order valence-electron chi connectivity index (χ3n) is 3.90. The van der Waals surface area contributed by atoms with Crippen LogP contribution >= 0.6 is 23.2 Å².